The first-order chi connectivity index (χ1) is 13.2. The van der Waals surface area contributed by atoms with Crippen molar-refractivity contribution in [1.29, 1.82) is 0 Å². The lowest BCUT2D eigenvalue weighted by Gasteiger charge is -2.19. The number of phenolic OH excluding ortho intramolecular Hbond substituents is 1. The van der Waals surface area contributed by atoms with Crippen LogP contribution in [0, 0.1) is 0 Å². The van der Waals surface area contributed by atoms with Gasteiger partial charge in [0.15, 0.2) is 0 Å². The van der Waals surface area contributed by atoms with Crippen molar-refractivity contribution in [2.75, 3.05) is 0 Å². The van der Waals surface area contributed by atoms with Gasteiger partial charge in [0.1, 0.15) is 5.75 Å². The number of aromatic hydroxyl groups is 1. The fourth-order valence-electron chi connectivity index (χ4n) is 3.93. The molecule has 0 saturated carbocycles. The molecule has 132 valence electrons. The van der Waals surface area contributed by atoms with Gasteiger partial charge in [-0.25, -0.2) is 0 Å². The zero-order chi connectivity index (χ0) is 18.4. The van der Waals surface area contributed by atoms with E-state index in [1.54, 1.807) is 6.07 Å². The van der Waals surface area contributed by atoms with E-state index in [0.29, 0.717) is 5.02 Å². The number of H-pyrrole nitrogens is 2. The highest BCUT2D eigenvalue weighted by Gasteiger charge is 2.25. The molecule has 3 nitrogen and oxygen atoms in total. The molecule has 2 heterocycles. The molecule has 0 aliphatic heterocycles. The maximum atomic E-state index is 10.2. The van der Waals surface area contributed by atoms with E-state index in [4.69, 9.17) is 11.6 Å². The van der Waals surface area contributed by atoms with Crippen molar-refractivity contribution in [3.63, 3.8) is 0 Å². The lowest BCUT2D eigenvalue weighted by Crippen LogP contribution is -2.03. The van der Waals surface area contributed by atoms with Crippen molar-refractivity contribution in [3.05, 3.63) is 101 Å². The molecule has 3 aromatic carbocycles. The Morgan fingerprint density at radius 3 is 1.81 bits per heavy atom. The van der Waals surface area contributed by atoms with Gasteiger partial charge in [0.25, 0.3) is 0 Å². The van der Waals surface area contributed by atoms with Crippen LogP contribution in [0.2, 0.25) is 5.02 Å². The number of benzene rings is 3. The van der Waals surface area contributed by atoms with Gasteiger partial charge in [0.2, 0.25) is 0 Å². The number of fused-ring (bicyclic) bond motifs is 2. The molecule has 0 bridgehead atoms. The number of rotatable bonds is 3. The van der Waals surface area contributed by atoms with Crippen molar-refractivity contribution < 1.29 is 5.11 Å². The predicted octanol–water partition coefficient (Wildman–Crippen LogP) is 6.19. The maximum Gasteiger partial charge on any atom is 0.134 e. The highest BCUT2D eigenvalue weighted by Crippen LogP contribution is 2.43. The Morgan fingerprint density at radius 1 is 0.667 bits per heavy atom. The summed E-state index contributed by atoms with van der Waals surface area (Å²) in [5.41, 5.74) is 5.29. The summed E-state index contributed by atoms with van der Waals surface area (Å²) >= 11 is 6.55. The number of phenols is 1. The zero-order valence-corrected chi connectivity index (χ0v) is 15.2. The summed E-state index contributed by atoms with van der Waals surface area (Å²) in [6, 6.07) is 21.9. The minimum Gasteiger partial charge on any atom is -0.506 e. The summed E-state index contributed by atoms with van der Waals surface area (Å²) in [7, 11) is 0. The van der Waals surface area contributed by atoms with Gasteiger partial charge in [-0.1, -0.05) is 60.1 Å². The van der Waals surface area contributed by atoms with E-state index in [0.717, 1.165) is 38.5 Å². The Labute approximate surface area is 161 Å². The summed E-state index contributed by atoms with van der Waals surface area (Å²) in [5, 5.41) is 12.9. The third-order valence-electron chi connectivity index (χ3n) is 5.18. The molecule has 0 aliphatic carbocycles. The minimum atomic E-state index is -0.114. The summed E-state index contributed by atoms with van der Waals surface area (Å²) < 4.78 is 0. The van der Waals surface area contributed by atoms with Gasteiger partial charge in [-0.15, -0.1) is 0 Å². The first-order valence-electron chi connectivity index (χ1n) is 8.83. The second kappa shape index (κ2) is 6.22. The van der Waals surface area contributed by atoms with Gasteiger partial charge >= 0.3 is 0 Å². The Hall–Kier alpha value is -3.17. The molecular formula is C23H17ClN2O. The van der Waals surface area contributed by atoms with Crippen LogP contribution in [0.15, 0.2) is 79.1 Å². The molecule has 4 heteroatoms. The smallest absolute Gasteiger partial charge is 0.134 e. The molecule has 2 aromatic heterocycles. The van der Waals surface area contributed by atoms with Crippen LogP contribution in [0.5, 0.6) is 5.75 Å². The summed E-state index contributed by atoms with van der Waals surface area (Å²) in [6.45, 7) is 0. The van der Waals surface area contributed by atoms with Crippen molar-refractivity contribution in [3.8, 4) is 5.75 Å². The van der Waals surface area contributed by atoms with Gasteiger partial charge < -0.3 is 15.1 Å². The van der Waals surface area contributed by atoms with Crippen molar-refractivity contribution in [1.82, 2.24) is 9.97 Å². The van der Waals surface area contributed by atoms with E-state index < -0.39 is 0 Å². The molecular weight excluding hydrogens is 356 g/mol. The third-order valence-corrected chi connectivity index (χ3v) is 5.60. The lowest BCUT2D eigenvalue weighted by atomic mass is 9.84. The van der Waals surface area contributed by atoms with E-state index in [1.165, 1.54) is 0 Å². The normalized spacial score (nSPS) is 11.6. The van der Waals surface area contributed by atoms with Crippen LogP contribution in [-0.2, 0) is 0 Å². The van der Waals surface area contributed by atoms with Crippen LogP contribution in [0.1, 0.15) is 22.6 Å². The summed E-state index contributed by atoms with van der Waals surface area (Å²) in [4.78, 5) is 6.73. The van der Waals surface area contributed by atoms with Gasteiger partial charge in [0, 0.05) is 40.1 Å². The molecule has 0 unspecified atom stereocenters. The van der Waals surface area contributed by atoms with Gasteiger partial charge in [-0.2, -0.15) is 0 Å². The highest BCUT2D eigenvalue weighted by molar-refractivity contribution is 6.33. The fraction of sp³-hybridized carbons (Fsp3) is 0.0435. The van der Waals surface area contributed by atoms with Crippen LogP contribution in [0.3, 0.4) is 0 Å². The van der Waals surface area contributed by atoms with Crippen LogP contribution >= 0.6 is 11.6 Å². The first kappa shape index (κ1) is 16.0. The van der Waals surface area contributed by atoms with Crippen LogP contribution < -0.4 is 0 Å². The SMILES string of the molecule is Oc1cccc(C(c2c[nH]c3ccccc23)c2c[nH]c3ccccc23)c1Cl. The molecule has 0 aliphatic rings. The molecule has 0 atom stereocenters. The first-order valence-corrected chi connectivity index (χ1v) is 9.21. The molecule has 0 amide bonds. The molecule has 5 aromatic rings. The molecule has 0 fully saturated rings. The van der Waals surface area contributed by atoms with Crippen LogP contribution in [-0.4, -0.2) is 15.1 Å². The average Bonchev–Trinajstić information content (AvgIpc) is 3.31. The number of hydrogen-bond donors (Lipinski definition) is 3. The summed E-state index contributed by atoms with van der Waals surface area (Å²) in [5.74, 6) is -0.0178. The van der Waals surface area contributed by atoms with Crippen LogP contribution in [0.4, 0.5) is 0 Å². The highest BCUT2D eigenvalue weighted by atomic mass is 35.5. The molecule has 0 spiro atoms. The number of aromatic amines is 2. The average molecular weight is 373 g/mol. The van der Waals surface area contributed by atoms with Gasteiger partial charge in [0.05, 0.1) is 5.02 Å². The van der Waals surface area contributed by atoms with Gasteiger partial charge in [-0.05, 0) is 34.9 Å². The van der Waals surface area contributed by atoms with E-state index in [1.807, 2.05) is 48.8 Å². The molecule has 27 heavy (non-hydrogen) atoms. The van der Waals surface area contributed by atoms with E-state index in [2.05, 4.69) is 34.2 Å². The second-order valence-corrected chi connectivity index (χ2v) is 7.07. The molecule has 5 rings (SSSR count). The monoisotopic (exact) mass is 372 g/mol. The summed E-state index contributed by atoms with van der Waals surface area (Å²) in [6.07, 6.45) is 4.08. The van der Waals surface area contributed by atoms with Crippen molar-refractivity contribution in [2.45, 2.75) is 5.92 Å². The maximum absolute atomic E-state index is 10.2. The standard InChI is InChI=1S/C23H17ClN2O/c24-23-16(8-5-11-21(23)27)22(17-12-25-19-9-3-1-6-14(17)19)18-13-26-20-10-4-2-7-15(18)20/h1-13,22,25-27H. The van der Waals surface area contributed by atoms with Crippen molar-refractivity contribution in [2.24, 2.45) is 0 Å². The fourth-order valence-corrected chi connectivity index (χ4v) is 4.16. The molecule has 3 N–H and O–H groups in total. The van der Waals surface area contributed by atoms with Gasteiger partial charge in [-0.3, -0.25) is 0 Å². The number of aromatic nitrogens is 2. The minimum absolute atomic E-state index is 0.0962. The lowest BCUT2D eigenvalue weighted by molar-refractivity contribution is 0.474. The topological polar surface area (TPSA) is 51.8 Å². The predicted molar refractivity (Wildman–Crippen MR) is 111 cm³/mol. The number of hydrogen-bond acceptors (Lipinski definition) is 1. The molecule has 0 radical (unpaired) electrons. The Morgan fingerprint density at radius 2 is 1.22 bits per heavy atom. The van der Waals surface area contributed by atoms with Crippen LogP contribution in [0.25, 0.3) is 21.8 Å². The largest absolute Gasteiger partial charge is 0.506 e. The van der Waals surface area contributed by atoms with E-state index >= 15 is 0 Å². The zero-order valence-electron chi connectivity index (χ0n) is 14.4. The Bertz CT molecular complexity index is 1190. The third kappa shape index (κ3) is 2.51. The second-order valence-electron chi connectivity index (χ2n) is 6.69. The number of halogens is 1. The number of para-hydroxylation sites is 2. The Kier molecular flexibility index (Phi) is 3.69. The Balaban J connectivity index is 1.84. The number of nitrogens with one attached hydrogen (secondary N) is 2. The van der Waals surface area contributed by atoms with Crippen molar-refractivity contribution >= 4 is 33.4 Å². The van der Waals surface area contributed by atoms with E-state index in [9.17, 15) is 5.11 Å². The molecule has 0 saturated heterocycles. The quantitative estimate of drug-likeness (QED) is 0.347. The van der Waals surface area contributed by atoms with E-state index in [-0.39, 0.29) is 11.7 Å².